The van der Waals surface area contributed by atoms with E-state index in [-0.39, 0.29) is 6.03 Å². The first kappa shape index (κ1) is 24.5. The number of hydrogen-bond donors (Lipinski definition) is 2. The lowest BCUT2D eigenvalue weighted by Crippen LogP contribution is -2.27. The smallest absolute Gasteiger partial charge is 0.321 e. The molecule has 37 heavy (non-hydrogen) atoms. The summed E-state index contributed by atoms with van der Waals surface area (Å²) in [5.74, 6) is 0.535. The van der Waals surface area contributed by atoms with E-state index in [9.17, 15) is 4.79 Å². The first-order chi connectivity index (χ1) is 17.9. The second kappa shape index (κ2) is 10.8. The number of benzene rings is 2. The Bertz CT molecular complexity index is 1370. The summed E-state index contributed by atoms with van der Waals surface area (Å²) >= 11 is 0. The Kier molecular flexibility index (Phi) is 7.14. The number of aryl methyl sites for hydroxylation is 1. The van der Waals surface area contributed by atoms with Crippen molar-refractivity contribution < 1.29 is 4.79 Å². The molecule has 4 aromatic rings. The zero-order valence-corrected chi connectivity index (χ0v) is 21.5. The van der Waals surface area contributed by atoms with Crippen LogP contribution in [0.25, 0.3) is 22.5 Å². The van der Waals surface area contributed by atoms with Gasteiger partial charge < -0.3 is 15.5 Å². The van der Waals surface area contributed by atoms with Gasteiger partial charge in [-0.25, -0.2) is 14.8 Å². The molecule has 0 saturated carbocycles. The normalized spacial score (nSPS) is 13.5. The number of carbonyl (C=O) groups excluding carboxylic acids is 1. The third-order valence-corrected chi connectivity index (χ3v) is 6.36. The molecule has 0 spiro atoms. The van der Waals surface area contributed by atoms with E-state index >= 15 is 0 Å². The highest BCUT2D eigenvalue weighted by Gasteiger charge is 2.15. The number of likely N-dealkylation sites (tertiary alicyclic amines) is 1. The topological polar surface area (TPSA) is 91.2 Å². The van der Waals surface area contributed by atoms with Crippen LogP contribution in [0.4, 0.5) is 22.1 Å². The summed E-state index contributed by atoms with van der Waals surface area (Å²) in [5.41, 5.74) is 6.39. The van der Waals surface area contributed by atoms with Crippen LogP contribution < -0.4 is 10.6 Å². The number of nitrogens with one attached hydrogen (secondary N) is 2. The predicted octanol–water partition coefficient (Wildman–Crippen LogP) is 4.98. The molecule has 1 fully saturated rings. The van der Waals surface area contributed by atoms with Gasteiger partial charge in [-0.2, -0.15) is 5.10 Å². The van der Waals surface area contributed by atoms with Gasteiger partial charge in [-0.05, 0) is 61.8 Å². The molecule has 190 valence electrons. The van der Waals surface area contributed by atoms with Crippen LogP contribution in [0.2, 0.25) is 0 Å². The Morgan fingerprint density at radius 2 is 1.81 bits per heavy atom. The number of amides is 2. The van der Waals surface area contributed by atoms with Gasteiger partial charge in [0.05, 0.1) is 5.69 Å². The van der Waals surface area contributed by atoms with Crippen LogP contribution in [0.1, 0.15) is 18.4 Å². The largest absolute Gasteiger partial charge is 0.331 e. The van der Waals surface area contributed by atoms with Gasteiger partial charge in [0.15, 0.2) is 0 Å². The standard InChI is InChI=1S/C28H32N8O/c1-34(2)28(37)31-22-11-9-21(10-12-22)26-24(19-35(3)33-26)25-13-14-29-27(32-25)30-23-8-6-7-20(17-23)18-36-15-4-5-16-36/h6-14,17,19H,4-5,15-16,18H2,1-3H3,(H,31,37)(H,29,30,32). The van der Waals surface area contributed by atoms with Crippen LogP contribution in [0.3, 0.4) is 0 Å². The predicted molar refractivity (Wildman–Crippen MR) is 147 cm³/mol. The average molecular weight is 497 g/mol. The van der Waals surface area contributed by atoms with Crippen molar-refractivity contribution in [2.75, 3.05) is 37.8 Å². The fourth-order valence-corrected chi connectivity index (χ4v) is 4.48. The number of anilines is 3. The lowest BCUT2D eigenvalue weighted by Gasteiger charge is -2.15. The Balaban J connectivity index is 1.35. The van der Waals surface area contributed by atoms with E-state index in [2.05, 4.69) is 43.8 Å². The summed E-state index contributed by atoms with van der Waals surface area (Å²) in [6.07, 6.45) is 6.29. The molecule has 0 aliphatic carbocycles. The van der Waals surface area contributed by atoms with E-state index in [1.54, 1.807) is 25.0 Å². The average Bonchev–Trinajstić information content (AvgIpc) is 3.54. The zero-order valence-electron chi connectivity index (χ0n) is 21.5. The van der Waals surface area contributed by atoms with Crippen molar-refractivity contribution in [3.63, 3.8) is 0 Å². The van der Waals surface area contributed by atoms with Crippen LogP contribution in [-0.4, -0.2) is 62.8 Å². The molecule has 1 aliphatic rings. The summed E-state index contributed by atoms with van der Waals surface area (Å²) in [5, 5.41) is 10.9. The van der Waals surface area contributed by atoms with E-state index in [1.165, 1.54) is 36.4 Å². The maximum Gasteiger partial charge on any atom is 0.321 e. The minimum absolute atomic E-state index is 0.172. The molecule has 9 heteroatoms. The maximum atomic E-state index is 11.9. The van der Waals surface area contributed by atoms with Crippen molar-refractivity contribution in [3.8, 4) is 22.5 Å². The fourth-order valence-electron chi connectivity index (χ4n) is 4.48. The molecule has 1 saturated heterocycles. The summed E-state index contributed by atoms with van der Waals surface area (Å²) in [7, 11) is 5.31. The molecule has 9 nitrogen and oxygen atoms in total. The first-order valence-corrected chi connectivity index (χ1v) is 12.5. The number of nitrogens with zero attached hydrogens (tertiary/aromatic N) is 6. The van der Waals surface area contributed by atoms with Crippen molar-refractivity contribution >= 4 is 23.4 Å². The van der Waals surface area contributed by atoms with Gasteiger partial charge in [-0.3, -0.25) is 9.58 Å². The molecule has 2 aromatic heterocycles. The van der Waals surface area contributed by atoms with Crippen LogP contribution in [0, 0.1) is 0 Å². The maximum absolute atomic E-state index is 11.9. The highest BCUT2D eigenvalue weighted by Crippen LogP contribution is 2.31. The molecule has 0 radical (unpaired) electrons. The van der Waals surface area contributed by atoms with Crippen molar-refractivity contribution in [2.45, 2.75) is 19.4 Å². The fraction of sp³-hybridized carbons (Fsp3) is 0.286. The minimum Gasteiger partial charge on any atom is -0.331 e. The molecule has 2 aromatic carbocycles. The van der Waals surface area contributed by atoms with Gasteiger partial charge in [-0.15, -0.1) is 0 Å². The lowest BCUT2D eigenvalue weighted by molar-refractivity contribution is 0.230. The van der Waals surface area contributed by atoms with Crippen LogP contribution in [0.15, 0.2) is 67.0 Å². The summed E-state index contributed by atoms with van der Waals surface area (Å²) in [4.78, 5) is 25.2. The SMILES string of the molecule is CN(C)C(=O)Nc1ccc(-c2nn(C)cc2-c2ccnc(Nc3cccc(CN4CCCC4)c3)n2)cc1. The molecule has 5 rings (SSSR count). The van der Waals surface area contributed by atoms with Crippen molar-refractivity contribution in [1.82, 2.24) is 29.5 Å². The van der Waals surface area contributed by atoms with Gasteiger partial charge in [0.25, 0.3) is 0 Å². The summed E-state index contributed by atoms with van der Waals surface area (Å²) in [6.45, 7) is 3.31. The van der Waals surface area contributed by atoms with Crippen molar-refractivity contribution in [3.05, 3.63) is 72.6 Å². The summed E-state index contributed by atoms with van der Waals surface area (Å²) in [6, 6.07) is 17.8. The Hall–Kier alpha value is -4.24. The van der Waals surface area contributed by atoms with Gasteiger partial charge >= 0.3 is 6.03 Å². The van der Waals surface area contributed by atoms with Crippen LogP contribution in [0.5, 0.6) is 0 Å². The molecule has 1 aliphatic heterocycles. The van der Waals surface area contributed by atoms with Gasteiger partial charge in [0, 0.05) is 62.6 Å². The van der Waals surface area contributed by atoms with Crippen molar-refractivity contribution in [1.29, 1.82) is 0 Å². The third-order valence-electron chi connectivity index (χ3n) is 6.36. The quantitative estimate of drug-likeness (QED) is 0.375. The number of hydrogen-bond acceptors (Lipinski definition) is 6. The van der Waals surface area contributed by atoms with E-state index in [4.69, 9.17) is 4.98 Å². The molecule has 3 heterocycles. The van der Waals surface area contributed by atoms with E-state index < -0.39 is 0 Å². The molecule has 0 bridgehead atoms. The highest BCUT2D eigenvalue weighted by molar-refractivity contribution is 5.89. The van der Waals surface area contributed by atoms with Crippen molar-refractivity contribution in [2.24, 2.45) is 7.05 Å². The molecular formula is C28H32N8O. The van der Waals surface area contributed by atoms with Gasteiger partial charge in [-0.1, -0.05) is 24.3 Å². The summed E-state index contributed by atoms with van der Waals surface area (Å²) < 4.78 is 1.78. The van der Waals surface area contributed by atoms with Gasteiger partial charge in [0.2, 0.25) is 5.95 Å². The third kappa shape index (κ3) is 5.95. The molecule has 2 amide bonds. The van der Waals surface area contributed by atoms with Gasteiger partial charge in [0.1, 0.15) is 5.69 Å². The Morgan fingerprint density at radius 3 is 2.57 bits per heavy atom. The highest BCUT2D eigenvalue weighted by atomic mass is 16.2. The second-order valence-corrected chi connectivity index (χ2v) is 9.54. The first-order valence-electron chi connectivity index (χ1n) is 12.5. The zero-order chi connectivity index (χ0) is 25.8. The molecule has 2 N–H and O–H groups in total. The molecule has 0 unspecified atom stereocenters. The Morgan fingerprint density at radius 1 is 1.03 bits per heavy atom. The van der Waals surface area contributed by atoms with Crippen LogP contribution >= 0.6 is 0 Å². The molecular weight excluding hydrogens is 464 g/mol. The minimum atomic E-state index is -0.172. The van der Waals surface area contributed by atoms with E-state index in [1.807, 2.05) is 49.6 Å². The number of urea groups is 1. The van der Waals surface area contributed by atoms with E-state index in [0.29, 0.717) is 5.95 Å². The van der Waals surface area contributed by atoms with E-state index in [0.717, 1.165) is 40.4 Å². The number of aromatic nitrogens is 4. The van der Waals surface area contributed by atoms with Crippen LogP contribution in [-0.2, 0) is 13.6 Å². The lowest BCUT2D eigenvalue weighted by atomic mass is 10.1. The monoisotopic (exact) mass is 496 g/mol. The number of rotatable bonds is 7. The second-order valence-electron chi connectivity index (χ2n) is 9.54. The Labute approximate surface area is 217 Å². The number of carbonyl (C=O) groups is 1. The molecule has 0 atom stereocenters.